The monoisotopic (exact) mass is 185 g/mol. The molecule has 0 rings (SSSR count). The summed E-state index contributed by atoms with van der Waals surface area (Å²) in [7, 11) is 0. The van der Waals surface area contributed by atoms with E-state index < -0.39 is 11.9 Å². The van der Waals surface area contributed by atoms with Crippen LogP contribution in [0.5, 0.6) is 0 Å². The van der Waals surface area contributed by atoms with Gasteiger partial charge in [0.25, 0.3) is 0 Å². The summed E-state index contributed by atoms with van der Waals surface area (Å²) >= 11 is 0. The van der Waals surface area contributed by atoms with E-state index in [1.807, 2.05) is 0 Å². The summed E-state index contributed by atoms with van der Waals surface area (Å²) in [5.41, 5.74) is 0. The predicted molar refractivity (Wildman–Crippen MR) is 39.5 cm³/mol. The minimum Gasteiger partial charge on any atom is -0.481 e. The van der Waals surface area contributed by atoms with E-state index in [1.165, 1.54) is 0 Å². The van der Waals surface area contributed by atoms with Gasteiger partial charge in [-0.2, -0.15) is 0 Å². The van der Waals surface area contributed by atoms with Gasteiger partial charge in [0.05, 0.1) is 0 Å². The first-order valence-electron chi connectivity index (χ1n) is 3.06. The van der Waals surface area contributed by atoms with E-state index in [-0.39, 0.29) is 64.2 Å². The number of hydrogen-bond acceptors (Lipinski definition) is 2. The molecule has 0 unspecified atom stereocenters. The fourth-order valence-electron chi connectivity index (χ4n) is 0.552. The second kappa shape index (κ2) is 8.67. The first-order valence-corrected chi connectivity index (χ1v) is 3.06. The maximum Gasteiger partial charge on any atom is 0.303 e. The molecule has 0 fully saturated rings. The van der Waals surface area contributed by atoms with Crippen molar-refractivity contribution in [1.82, 2.24) is 0 Å². The van der Waals surface area contributed by atoms with Crippen molar-refractivity contribution in [3.8, 4) is 0 Å². The summed E-state index contributed by atoms with van der Waals surface area (Å²) in [5, 5.41) is 16.3. The second-order valence-electron chi connectivity index (χ2n) is 1.99. The first-order chi connectivity index (χ1) is 4.63. The average molecular weight is 185 g/mol. The van der Waals surface area contributed by atoms with Gasteiger partial charge in [-0.3, -0.25) is 9.59 Å². The third kappa shape index (κ3) is 13.6. The van der Waals surface area contributed by atoms with E-state index in [0.29, 0.717) is 12.8 Å². The summed E-state index contributed by atoms with van der Waals surface area (Å²) in [5.74, 6) is -1.74. The SMILES string of the molecule is O=C(O)CCCCC(=O)O.[K]. The average Bonchev–Trinajstić information content (AvgIpc) is 1.79. The van der Waals surface area contributed by atoms with E-state index in [0.717, 1.165) is 0 Å². The fraction of sp³-hybridized carbons (Fsp3) is 0.667. The Bertz CT molecular complexity index is 119. The Balaban J connectivity index is 0. The van der Waals surface area contributed by atoms with Gasteiger partial charge in [-0.1, -0.05) is 0 Å². The van der Waals surface area contributed by atoms with Crippen LogP contribution in [0.4, 0.5) is 0 Å². The molecule has 0 aromatic rings. The first kappa shape index (κ1) is 14.1. The zero-order valence-electron chi connectivity index (χ0n) is 6.54. The van der Waals surface area contributed by atoms with Gasteiger partial charge in [0.15, 0.2) is 0 Å². The molecule has 4 nitrogen and oxygen atoms in total. The van der Waals surface area contributed by atoms with Crippen molar-refractivity contribution in [1.29, 1.82) is 0 Å². The van der Waals surface area contributed by atoms with E-state index in [2.05, 4.69) is 0 Å². The van der Waals surface area contributed by atoms with E-state index >= 15 is 0 Å². The van der Waals surface area contributed by atoms with Crippen LogP contribution in [-0.4, -0.2) is 73.5 Å². The normalized spacial score (nSPS) is 8.36. The quantitative estimate of drug-likeness (QED) is 0.478. The standard InChI is InChI=1S/C6H10O4.K/c7-5(8)3-1-2-4-6(9)10;/h1-4H2,(H,7,8)(H,9,10);. The van der Waals surface area contributed by atoms with Gasteiger partial charge >= 0.3 is 11.9 Å². The molecule has 0 aliphatic carbocycles. The molecule has 1 radical (unpaired) electrons. The Hall–Kier alpha value is 0.576. The summed E-state index contributed by atoms with van der Waals surface area (Å²) in [6, 6.07) is 0. The van der Waals surface area contributed by atoms with Crippen LogP contribution < -0.4 is 0 Å². The summed E-state index contributed by atoms with van der Waals surface area (Å²) < 4.78 is 0. The molecule has 0 aliphatic heterocycles. The number of carbonyl (C=O) groups is 2. The fourth-order valence-corrected chi connectivity index (χ4v) is 0.552. The van der Waals surface area contributed by atoms with Gasteiger partial charge in [0.2, 0.25) is 0 Å². The van der Waals surface area contributed by atoms with Crippen LogP contribution in [0.15, 0.2) is 0 Å². The van der Waals surface area contributed by atoms with Crippen LogP contribution in [0.25, 0.3) is 0 Å². The second-order valence-corrected chi connectivity index (χ2v) is 1.99. The van der Waals surface area contributed by atoms with Crippen molar-refractivity contribution in [2.45, 2.75) is 25.7 Å². The molecular formula is C6H10KO4. The summed E-state index contributed by atoms with van der Waals surface area (Å²) in [6.45, 7) is 0. The molecule has 0 amide bonds. The molecule has 0 heterocycles. The van der Waals surface area contributed by atoms with Crippen molar-refractivity contribution in [3.05, 3.63) is 0 Å². The Kier molecular flexibility index (Phi) is 11.1. The predicted octanol–water partition coefficient (Wildman–Crippen LogP) is 0.335. The maximum absolute atomic E-state index is 9.90. The topological polar surface area (TPSA) is 74.6 Å². The molecule has 59 valence electrons. The smallest absolute Gasteiger partial charge is 0.303 e. The van der Waals surface area contributed by atoms with Crippen molar-refractivity contribution in [2.24, 2.45) is 0 Å². The van der Waals surface area contributed by atoms with Crippen molar-refractivity contribution in [2.75, 3.05) is 0 Å². The maximum atomic E-state index is 9.90. The van der Waals surface area contributed by atoms with Gasteiger partial charge in [0, 0.05) is 64.2 Å². The van der Waals surface area contributed by atoms with E-state index in [9.17, 15) is 9.59 Å². The molecule has 0 saturated carbocycles. The third-order valence-corrected chi connectivity index (χ3v) is 1.03. The molecule has 0 aromatic carbocycles. The molecule has 0 aromatic heterocycles. The molecule has 0 bridgehead atoms. The van der Waals surface area contributed by atoms with E-state index in [1.54, 1.807) is 0 Å². The van der Waals surface area contributed by atoms with Gasteiger partial charge < -0.3 is 10.2 Å². The van der Waals surface area contributed by atoms with Gasteiger partial charge in [-0.05, 0) is 12.8 Å². The molecule has 0 saturated heterocycles. The molecule has 11 heavy (non-hydrogen) atoms. The minimum absolute atomic E-state index is 0. The van der Waals surface area contributed by atoms with Crippen molar-refractivity contribution in [3.63, 3.8) is 0 Å². The Morgan fingerprint density at radius 1 is 0.909 bits per heavy atom. The number of unbranched alkanes of at least 4 members (excludes halogenated alkanes) is 1. The Morgan fingerprint density at radius 3 is 1.36 bits per heavy atom. The largest absolute Gasteiger partial charge is 0.481 e. The number of hydrogen-bond donors (Lipinski definition) is 2. The number of rotatable bonds is 5. The zero-order chi connectivity index (χ0) is 7.98. The zero-order valence-corrected chi connectivity index (χ0v) is 9.66. The van der Waals surface area contributed by atoms with Crippen LogP contribution >= 0.6 is 0 Å². The van der Waals surface area contributed by atoms with Crippen LogP contribution in [0.3, 0.4) is 0 Å². The van der Waals surface area contributed by atoms with Crippen LogP contribution in [0.2, 0.25) is 0 Å². The Labute approximate surface area is 107 Å². The summed E-state index contributed by atoms with van der Waals surface area (Å²) in [6.07, 6.45) is 1.02. The summed E-state index contributed by atoms with van der Waals surface area (Å²) in [4.78, 5) is 19.8. The molecule has 5 heteroatoms. The number of carboxylic acid groups (broad SMARTS) is 2. The minimum atomic E-state index is -0.870. The third-order valence-electron chi connectivity index (χ3n) is 1.03. The number of aliphatic carboxylic acids is 2. The van der Waals surface area contributed by atoms with Gasteiger partial charge in [-0.15, -0.1) is 0 Å². The van der Waals surface area contributed by atoms with Gasteiger partial charge in [-0.25, -0.2) is 0 Å². The molecular weight excluding hydrogens is 175 g/mol. The van der Waals surface area contributed by atoms with Crippen molar-refractivity contribution < 1.29 is 19.8 Å². The van der Waals surface area contributed by atoms with Crippen LogP contribution in [-0.2, 0) is 9.59 Å². The van der Waals surface area contributed by atoms with Crippen molar-refractivity contribution >= 4 is 63.3 Å². The molecule has 2 N–H and O–H groups in total. The Morgan fingerprint density at radius 2 is 1.18 bits per heavy atom. The van der Waals surface area contributed by atoms with Crippen LogP contribution in [0.1, 0.15) is 25.7 Å². The van der Waals surface area contributed by atoms with Gasteiger partial charge in [0.1, 0.15) is 0 Å². The molecule has 0 aliphatic rings. The van der Waals surface area contributed by atoms with E-state index in [4.69, 9.17) is 10.2 Å². The van der Waals surface area contributed by atoms with Crippen LogP contribution in [0, 0.1) is 0 Å². The molecule has 0 spiro atoms. The molecule has 0 atom stereocenters. The number of carboxylic acids is 2.